The number of halogens is 1. The number of rotatable bonds is 3. The van der Waals surface area contributed by atoms with E-state index in [1.54, 1.807) is 0 Å². The van der Waals surface area contributed by atoms with Gasteiger partial charge in [0.25, 0.3) is 0 Å². The summed E-state index contributed by atoms with van der Waals surface area (Å²) in [7, 11) is 0. The Labute approximate surface area is 82.0 Å². The van der Waals surface area contributed by atoms with Crippen LogP contribution < -0.4 is 0 Å². The van der Waals surface area contributed by atoms with Gasteiger partial charge in [0.1, 0.15) is 0 Å². The summed E-state index contributed by atoms with van der Waals surface area (Å²) in [6.07, 6.45) is 0.699. The molecular weight excluding hydrogens is 186 g/mol. The highest BCUT2D eigenvalue weighted by Crippen LogP contribution is 2.17. The highest BCUT2D eigenvalue weighted by molar-refractivity contribution is 6.31. The van der Waals surface area contributed by atoms with Crippen LogP contribution in [-0.4, -0.2) is 6.54 Å². The minimum absolute atomic E-state index is 0.458. The largest absolute Gasteiger partial charge is 0.0936 e. The highest BCUT2D eigenvalue weighted by atomic mass is 35.5. The predicted molar refractivity (Wildman–Crippen MR) is 53.9 cm³/mol. The summed E-state index contributed by atoms with van der Waals surface area (Å²) in [6.45, 7) is 2.47. The second kappa shape index (κ2) is 4.75. The lowest BCUT2D eigenvalue weighted by atomic mass is 10.1. The number of benzene rings is 1. The molecule has 68 valence electrons. The summed E-state index contributed by atoms with van der Waals surface area (Å²) in [6, 6.07) is 5.83. The zero-order valence-electron chi connectivity index (χ0n) is 7.37. The van der Waals surface area contributed by atoms with Crippen molar-refractivity contribution in [2.45, 2.75) is 13.3 Å². The van der Waals surface area contributed by atoms with Crippen LogP contribution in [0.15, 0.2) is 23.3 Å². The van der Waals surface area contributed by atoms with Crippen LogP contribution in [0.4, 0.5) is 0 Å². The molecule has 0 atom stereocenters. The fourth-order valence-electron chi connectivity index (χ4n) is 1.11. The van der Waals surface area contributed by atoms with Crippen LogP contribution in [-0.2, 0) is 6.42 Å². The van der Waals surface area contributed by atoms with Crippen LogP contribution in [0.5, 0.6) is 0 Å². The van der Waals surface area contributed by atoms with Gasteiger partial charge in [-0.3, -0.25) is 0 Å². The number of aryl methyl sites for hydroxylation is 1. The molecule has 0 radical (unpaired) electrons. The minimum Gasteiger partial charge on any atom is -0.0936 e. The maximum absolute atomic E-state index is 8.09. The van der Waals surface area contributed by atoms with Crippen molar-refractivity contribution in [3.63, 3.8) is 0 Å². The Bertz CT molecular complexity index is 343. The average Bonchev–Trinajstić information content (AvgIpc) is 2.11. The molecule has 0 spiro atoms. The summed E-state index contributed by atoms with van der Waals surface area (Å²) >= 11 is 5.94. The minimum atomic E-state index is 0.458. The van der Waals surface area contributed by atoms with Gasteiger partial charge in [0.05, 0.1) is 0 Å². The van der Waals surface area contributed by atoms with Gasteiger partial charge in [-0.15, -0.1) is 0 Å². The third-order valence-corrected chi connectivity index (χ3v) is 2.11. The molecule has 0 aliphatic carbocycles. The molecule has 0 aromatic heterocycles. The first-order valence-corrected chi connectivity index (χ1v) is 4.37. The fraction of sp³-hybridized carbons (Fsp3) is 0.333. The highest BCUT2D eigenvalue weighted by Gasteiger charge is 1.98. The Morgan fingerprint density at radius 2 is 2.31 bits per heavy atom. The van der Waals surface area contributed by atoms with Crippen LogP contribution >= 0.6 is 11.6 Å². The van der Waals surface area contributed by atoms with Crippen molar-refractivity contribution < 1.29 is 0 Å². The molecule has 0 N–H and O–H groups in total. The van der Waals surface area contributed by atoms with E-state index >= 15 is 0 Å². The van der Waals surface area contributed by atoms with E-state index in [0.717, 1.165) is 10.6 Å². The van der Waals surface area contributed by atoms with Gasteiger partial charge >= 0.3 is 0 Å². The van der Waals surface area contributed by atoms with Crippen molar-refractivity contribution >= 4 is 11.6 Å². The smallest absolute Gasteiger partial charge is 0.0438 e. The number of nitrogens with zero attached hydrogens (tertiary/aromatic N) is 3. The van der Waals surface area contributed by atoms with Gasteiger partial charge in [0.2, 0.25) is 0 Å². The molecule has 0 unspecified atom stereocenters. The van der Waals surface area contributed by atoms with E-state index in [1.165, 1.54) is 5.56 Å². The summed E-state index contributed by atoms with van der Waals surface area (Å²) in [5.41, 5.74) is 10.3. The second-order valence-corrected chi connectivity index (χ2v) is 3.21. The van der Waals surface area contributed by atoms with Crippen molar-refractivity contribution in [1.82, 2.24) is 0 Å². The average molecular weight is 196 g/mol. The van der Waals surface area contributed by atoms with Gasteiger partial charge in [0.15, 0.2) is 0 Å². The maximum Gasteiger partial charge on any atom is 0.0438 e. The van der Waals surface area contributed by atoms with Crippen LogP contribution in [0.2, 0.25) is 5.02 Å². The summed E-state index contributed by atoms with van der Waals surface area (Å²) < 4.78 is 0. The van der Waals surface area contributed by atoms with E-state index in [-0.39, 0.29) is 0 Å². The normalized spacial score (nSPS) is 9.38. The van der Waals surface area contributed by atoms with E-state index in [1.807, 2.05) is 25.1 Å². The predicted octanol–water partition coefficient (Wildman–Crippen LogP) is 3.50. The zero-order valence-corrected chi connectivity index (χ0v) is 8.12. The summed E-state index contributed by atoms with van der Waals surface area (Å²) in [5.74, 6) is 0. The molecule has 3 nitrogen and oxygen atoms in total. The first-order chi connectivity index (χ1) is 6.24. The Morgan fingerprint density at radius 3 is 3.00 bits per heavy atom. The molecule has 0 fully saturated rings. The lowest BCUT2D eigenvalue weighted by Crippen LogP contribution is -1.90. The van der Waals surface area contributed by atoms with E-state index in [4.69, 9.17) is 17.1 Å². The Balaban J connectivity index is 2.75. The molecule has 0 heterocycles. The number of hydrogen-bond donors (Lipinski definition) is 0. The number of hydrogen-bond acceptors (Lipinski definition) is 1. The SMILES string of the molecule is Cc1ccc(Cl)c(CCN=[N+]=[N-])c1. The zero-order chi connectivity index (χ0) is 9.68. The van der Waals surface area contributed by atoms with Gasteiger partial charge in [-0.2, -0.15) is 0 Å². The van der Waals surface area contributed by atoms with E-state index in [9.17, 15) is 0 Å². The third kappa shape index (κ3) is 2.98. The van der Waals surface area contributed by atoms with Crippen molar-refractivity contribution in [3.05, 3.63) is 44.8 Å². The first-order valence-electron chi connectivity index (χ1n) is 4.00. The molecule has 0 saturated heterocycles. The molecule has 0 saturated carbocycles. The number of azide groups is 1. The van der Waals surface area contributed by atoms with Crippen molar-refractivity contribution in [2.24, 2.45) is 5.11 Å². The molecule has 4 heteroatoms. The molecule has 0 aliphatic rings. The first kappa shape index (κ1) is 9.90. The molecule has 0 aliphatic heterocycles. The van der Waals surface area contributed by atoms with Gasteiger partial charge in [-0.1, -0.05) is 34.4 Å². The molecule has 1 aromatic rings. The molecule has 0 bridgehead atoms. The molecule has 0 amide bonds. The van der Waals surface area contributed by atoms with E-state index < -0.39 is 0 Å². The van der Waals surface area contributed by atoms with Crippen LogP contribution in [0, 0.1) is 6.92 Å². The summed E-state index contributed by atoms with van der Waals surface area (Å²) in [5, 5.41) is 4.19. The lowest BCUT2D eigenvalue weighted by Gasteiger charge is -2.02. The van der Waals surface area contributed by atoms with Crippen molar-refractivity contribution in [2.75, 3.05) is 6.54 Å². The Hall–Kier alpha value is -1.18. The Kier molecular flexibility index (Phi) is 3.62. The van der Waals surface area contributed by atoms with Gasteiger partial charge in [0, 0.05) is 16.5 Å². The van der Waals surface area contributed by atoms with Crippen molar-refractivity contribution in [1.29, 1.82) is 0 Å². The van der Waals surface area contributed by atoms with Crippen LogP contribution in [0.3, 0.4) is 0 Å². The topological polar surface area (TPSA) is 48.8 Å². The summed E-state index contributed by atoms with van der Waals surface area (Å²) in [4.78, 5) is 2.68. The van der Waals surface area contributed by atoms with Crippen LogP contribution in [0.25, 0.3) is 10.4 Å². The van der Waals surface area contributed by atoms with E-state index in [2.05, 4.69) is 10.0 Å². The van der Waals surface area contributed by atoms with E-state index in [0.29, 0.717) is 13.0 Å². The van der Waals surface area contributed by atoms with Crippen molar-refractivity contribution in [3.8, 4) is 0 Å². The van der Waals surface area contributed by atoms with Gasteiger partial charge in [-0.05, 0) is 30.5 Å². The third-order valence-electron chi connectivity index (χ3n) is 1.75. The Morgan fingerprint density at radius 1 is 1.54 bits per heavy atom. The van der Waals surface area contributed by atoms with Gasteiger partial charge in [-0.25, -0.2) is 0 Å². The molecule has 1 rings (SSSR count). The molecular formula is C9H10ClN3. The second-order valence-electron chi connectivity index (χ2n) is 2.80. The van der Waals surface area contributed by atoms with Crippen LogP contribution in [0.1, 0.15) is 11.1 Å². The lowest BCUT2D eigenvalue weighted by molar-refractivity contribution is 0.954. The fourth-order valence-corrected chi connectivity index (χ4v) is 1.32. The quantitative estimate of drug-likeness (QED) is 0.403. The van der Waals surface area contributed by atoms with Gasteiger partial charge < -0.3 is 0 Å². The maximum atomic E-state index is 8.09. The molecule has 13 heavy (non-hydrogen) atoms. The standard InChI is InChI=1S/C9H10ClN3/c1-7-2-3-9(10)8(6-7)4-5-12-13-11/h2-3,6H,4-5H2,1H3. The monoisotopic (exact) mass is 195 g/mol. The molecule has 1 aromatic carbocycles.